The van der Waals surface area contributed by atoms with E-state index < -0.39 is 4.92 Å². The highest BCUT2D eigenvalue weighted by Gasteiger charge is 2.21. The van der Waals surface area contributed by atoms with Gasteiger partial charge < -0.3 is 20.1 Å². The summed E-state index contributed by atoms with van der Waals surface area (Å²) in [6, 6.07) is 10.5. The van der Waals surface area contributed by atoms with E-state index in [1.165, 1.54) is 17.7 Å². The maximum absolute atomic E-state index is 10.7. The van der Waals surface area contributed by atoms with E-state index in [9.17, 15) is 10.1 Å². The normalized spacial score (nSPS) is 14.9. The molecule has 30 heavy (non-hydrogen) atoms. The number of fused-ring (bicyclic) bond motifs is 1. The highest BCUT2D eigenvalue weighted by molar-refractivity contribution is 14.0. The van der Waals surface area contributed by atoms with Gasteiger partial charge in [-0.05, 0) is 31.5 Å². The second-order valence-electron chi connectivity index (χ2n) is 6.84. The third-order valence-electron chi connectivity index (χ3n) is 4.66. The number of rotatable bonds is 7. The second-order valence-corrected chi connectivity index (χ2v) is 6.84. The maximum atomic E-state index is 10.7. The van der Waals surface area contributed by atoms with Crippen LogP contribution in [0, 0.1) is 10.1 Å². The Morgan fingerprint density at radius 3 is 2.60 bits per heavy atom. The first-order chi connectivity index (χ1) is 14.0. The van der Waals surface area contributed by atoms with Gasteiger partial charge in [-0.3, -0.25) is 15.1 Å². The molecule has 0 bridgehead atoms. The van der Waals surface area contributed by atoms with Gasteiger partial charge in [-0.25, -0.2) is 0 Å². The highest BCUT2D eigenvalue weighted by Crippen LogP contribution is 2.35. The van der Waals surface area contributed by atoms with Gasteiger partial charge in [0, 0.05) is 49.8 Å². The average Bonchev–Trinajstić information content (AvgIpc) is 3.07. The zero-order valence-electron chi connectivity index (χ0n) is 17.3. The van der Waals surface area contributed by atoms with Crippen LogP contribution in [0.4, 0.5) is 5.69 Å². The Kier molecular flexibility index (Phi) is 8.70. The minimum absolute atomic E-state index is 0. The summed E-state index contributed by atoms with van der Waals surface area (Å²) >= 11 is 0. The first-order valence-electron chi connectivity index (χ1n) is 9.63. The lowest BCUT2D eigenvalue weighted by Crippen LogP contribution is -2.36. The quantitative estimate of drug-likeness (QED) is 0.187. The van der Waals surface area contributed by atoms with E-state index >= 15 is 0 Å². The number of guanidine groups is 1. The zero-order chi connectivity index (χ0) is 20.8. The van der Waals surface area contributed by atoms with Crippen LogP contribution in [-0.2, 0) is 19.5 Å². The van der Waals surface area contributed by atoms with Gasteiger partial charge in [0.15, 0.2) is 5.96 Å². The molecular weight excluding hydrogens is 499 g/mol. The first kappa shape index (κ1) is 23.7. The Hall–Kier alpha value is -2.56. The lowest BCUT2D eigenvalue weighted by atomic mass is 10.1. The number of non-ortho nitro benzene ring substituents is 1. The Bertz CT molecular complexity index is 903. The van der Waals surface area contributed by atoms with Crippen LogP contribution in [0.15, 0.2) is 41.4 Å². The lowest BCUT2D eigenvalue weighted by molar-refractivity contribution is -0.384. The molecule has 2 N–H and O–H groups in total. The van der Waals surface area contributed by atoms with E-state index in [2.05, 4.69) is 28.6 Å². The molecule has 1 aliphatic rings. The molecule has 3 rings (SSSR count). The summed E-state index contributed by atoms with van der Waals surface area (Å²) in [5, 5.41) is 17.2. The first-order valence-corrected chi connectivity index (χ1v) is 9.63. The van der Waals surface area contributed by atoms with Crippen molar-refractivity contribution in [3.8, 4) is 11.5 Å². The van der Waals surface area contributed by atoms with Crippen molar-refractivity contribution in [3.05, 3.63) is 63.2 Å². The van der Waals surface area contributed by atoms with Crippen molar-refractivity contribution in [2.24, 2.45) is 4.99 Å². The molecule has 9 heteroatoms. The summed E-state index contributed by atoms with van der Waals surface area (Å²) in [5.41, 5.74) is 3.17. The molecular formula is C21H27IN4O4. The Balaban J connectivity index is 0.00000320. The molecule has 1 atom stereocenters. The van der Waals surface area contributed by atoms with E-state index in [1.54, 1.807) is 19.2 Å². The minimum atomic E-state index is -0.408. The van der Waals surface area contributed by atoms with Crippen molar-refractivity contribution < 1.29 is 14.4 Å². The molecule has 0 radical (unpaired) electrons. The number of ether oxygens (including phenoxy) is 2. The van der Waals surface area contributed by atoms with Crippen LogP contribution < -0.4 is 20.1 Å². The number of nitro groups is 1. The third kappa shape index (κ3) is 5.97. The van der Waals surface area contributed by atoms with Crippen molar-refractivity contribution in [2.75, 3.05) is 13.7 Å². The number of hydrogen-bond donors (Lipinski definition) is 2. The second kappa shape index (κ2) is 11.0. The zero-order valence-corrected chi connectivity index (χ0v) is 19.6. The molecule has 2 aromatic carbocycles. The van der Waals surface area contributed by atoms with E-state index in [1.807, 2.05) is 13.0 Å². The summed E-state index contributed by atoms with van der Waals surface area (Å²) < 4.78 is 11.7. The molecule has 8 nitrogen and oxygen atoms in total. The number of nitro benzene ring substituents is 1. The molecule has 0 saturated carbocycles. The van der Waals surface area contributed by atoms with Gasteiger partial charge in [0.05, 0.1) is 11.5 Å². The van der Waals surface area contributed by atoms with Crippen molar-refractivity contribution in [2.45, 2.75) is 39.5 Å². The molecule has 162 valence electrons. The number of halogens is 1. The fourth-order valence-electron chi connectivity index (χ4n) is 3.23. The average molecular weight is 526 g/mol. The molecule has 0 amide bonds. The molecule has 1 heterocycles. The van der Waals surface area contributed by atoms with Gasteiger partial charge >= 0.3 is 0 Å². The van der Waals surface area contributed by atoms with E-state index in [-0.39, 0.29) is 35.8 Å². The lowest BCUT2D eigenvalue weighted by Gasteiger charge is -2.16. The Labute approximate surface area is 193 Å². The fraction of sp³-hybridized carbons (Fsp3) is 0.381. The molecule has 0 spiro atoms. The topological polar surface area (TPSA) is 98.0 Å². The van der Waals surface area contributed by atoms with Gasteiger partial charge in [0.25, 0.3) is 5.69 Å². The van der Waals surface area contributed by atoms with Crippen LogP contribution in [0.2, 0.25) is 0 Å². The highest BCUT2D eigenvalue weighted by atomic mass is 127. The van der Waals surface area contributed by atoms with Crippen LogP contribution >= 0.6 is 24.0 Å². The summed E-state index contributed by atoms with van der Waals surface area (Å²) in [6.07, 6.45) is 1.07. The van der Waals surface area contributed by atoms with Gasteiger partial charge in [-0.1, -0.05) is 12.1 Å². The summed E-state index contributed by atoms with van der Waals surface area (Å²) in [7, 11) is 1.70. The van der Waals surface area contributed by atoms with Gasteiger partial charge in [0.1, 0.15) is 17.6 Å². The van der Waals surface area contributed by atoms with Gasteiger partial charge in [-0.15, -0.1) is 24.0 Å². The number of nitrogens with one attached hydrogen (secondary N) is 2. The van der Waals surface area contributed by atoms with Crippen molar-refractivity contribution in [1.82, 2.24) is 10.6 Å². The molecule has 0 saturated heterocycles. The molecule has 0 aliphatic carbocycles. The van der Waals surface area contributed by atoms with E-state index in [4.69, 9.17) is 9.47 Å². The van der Waals surface area contributed by atoms with Crippen LogP contribution in [0.5, 0.6) is 11.5 Å². The largest absolute Gasteiger partial charge is 0.494 e. The van der Waals surface area contributed by atoms with Crippen molar-refractivity contribution in [1.29, 1.82) is 0 Å². The summed E-state index contributed by atoms with van der Waals surface area (Å²) in [4.78, 5) is 14.6. The smallest absolute Gasteiger partial charge is 0.269 e. The van der Waals surface area contributed by atoms with Crippen molar-refractivity contribution >= 4 is 35.6 Å². The van der Waals surface area contributed by atoms with Crippen LogP contribution in [-0.4, -0.2) is 30.6 Å². The number of hydrogen-bond acceptors (Lipinski definition) is 5. The monoisotopic (exact) mass is 526 g/mol. The van der Waals surface area contributed by atoms with Crippen LogP contribution in [0.1, 0.15) is 30.5 Å². The predicted molar refractivity (Wildman–Crippen MR) is 127 cm³/mol. The SMILES string of the molecule is CCOc1cc2c(cc1CNC(=NC)NCc1ccc([N+](=O)[O-])cc1)OC(C)C2.I. The van der Waals surface area contributed by atoms with E-state index in [0.29, 0.717) is 25.7 Å². The fourth-order valence-corrected chi connectivity index (χ4v) is 3.23. The van der Waals surface area contributed by atoms with Crippen LogP contribution in [0.25, 0.3) is 0 Å². The maximum Gasteiger partial charge on any atom is 0.269 e. The summed E-state index contributed by atoms with van der Waals surface area (Å²) in [6.45, 7) is 5.65. The van der Waals surface area contributed by atoms with Crippen molar-refractivity contribution in [3.63, 3.8) is 0 Å². The molecule has 0 aromatic heterocycles. The third-order valence-corrected chi connectivity index (χ3v) is 4.66. The molecule has 0 fully saturated rings. The summed E-state index contributed by atoms with van der Waals surface area (Å²) in [5.74, 6) is 2.38. The number of aliphatic imine (C=N–C) groups is 1. The number of benzene rings is 2. The van der Waals surface area contributed by atoms with Crippen LogP contribution in [0.3, 0.4) is 0 Å². The van der Waals surface area contributed by atoms with Gasteiger partial charge in [0.2, 0.25) is 0 Å². The number of nitrogens with zero attached hydrogens (tertiary/aromatic N) is 2. The standard InChI is InChI=1S/C21H26N4O4.HI/c1-4-28-19-10-16-9-14(2)29-20(16)11-17(19)13-24-21(22-3)23-12-15-5-7-18(8-6-15)25(26)27;/h5-8,10-11,14H,4,9,12-13H2,1-3H3,(H2,22,23,24);1H. The Morgan fingerprint density at radius 2 is 1.97 bits per heavy atom. The molecule has 1 unspecified atom stereocenters. The van der Waals surface area contributed by atoms with Gasteiger partial charge in [-0.2, -0.15) is 0 Å². The molecule has 2 aromatic rings. The predicted octanol–water partition coefficient (Wildman–Crippen LogP) is 3.80. The van der Waals surface area contributed by atoms with E-state index in [0.717, 1.165) is 29.0 Å². The minimum Gasteiger partial charge on any atom is -0.494 e. The molecule has 1 aliphatic heterocycles. The Morgan fingerprint density at radius 1 is 1.27 bits per heavy atom.